The summed E-state index contributed by atoms with van der Waals surface area (Å²) in [7, 11) is 0. The third-order valence-electron chi connectivity index (χ3n) is 3.28. The highest BCUT2D eigenvalue weighted by Gasteiger charge is 2.12. The summed E-state index contributed by atoms with van der Waals surface area (Å²) < 4.78 is 1.07. The van der Waals surface area contributed by atoms with Gasteiger partial charge >= 0.3 is 0 Å². The van der Waals surface area contributed by atoms with Gasteiger partial charge in [-0.05, 0) is 42.3 Å². The number of benzene rings is 2. The molecular formula is C17H19BrClN. The molecule has 0 aliphatic carbocycles. The van der Waals surface area contributed by atoms with Gasteiger partial charge in [0.25, 0.3) is 0 Å². The predicted octanol–water partition coefficient (Wildman–Crippen LogP) is 6.13. The summed E-state index contributed by atoms with van der Waals surface area (Å²) in [6.07, 6.45) is 2.34. The van der Waals surface area contributed by atoms with Gasteiger partial charge in [-0.25, -0.2) is 0 Å². The quantitative estimate of drug-likeness (QED) is 0.565. The zero-order chi connectivity index (χ0) is 14.4. The Labute approximate surface area is 134 Å². The zero-order valence-corrected chi connectivity index (χ0v) is 14.0. The highest BCUT2D eigenvalue weighted by molar-refractivity contribution is 9.10. The smallest absolute Gasteiger partial charge is 0.0495 e. The Hall–Kier alpha value is -0.990. The lowest BCUT2D eigenvalue weighted by atomic mass is 10.1. The number of hydrogen-bond acceptors (Lipinski definition) is 1. The Morgan fingerprint density at radius 1 is 1.10 bits per heavy atom. The second-order valence-electron chi connectivity index (χ2n) is 4.75. The van der Waals surface area contributed by atoms with Gasteiger partial charge in [-0.15, -0.1) is 11.6 Å². The molecule has 0 saturated carbocycles. The first kappa shape index (κ1) is 15.4. The molecule has 0 saturated heterocycles. The second kappa shape index (κ2) is 7.70. The SMILES string of the molecule is CCCCN(c1ccccc1)c1ccc(Br)cc1CCl. The maximum Gasteiger partial charge on any atom is 0.0495 e. The number of unbranched alkanes of at least 4 members (excludes halogenated alkanes) is 1. The molecule has 0 amide bonds. The van der Waals surface area contributed by atoms with Crippen LogP contribution in [0.3, 0.4) is 0 Å². The number of hydrogen-bond donors (Lipinski definition) is 0. The van der Waals surface area contributed by atoms with E-state index in [0.717, 1.165) is 23.0 Å². The Balaban J connectivity index is 2.41. The molecule has 2 rings (SSSR count). The molecule has 0 aliphatic rings. The minimum atomic E-state index is 0.518. The molecule has 0 atom stereocenters. The molecule has 106 valence electrons. The lowest BCUT2D eigenvalue weighted by Crippen LogP contribution is -2.19. The molecule has 0 radical (unpaired) electrons. The van der Waals surface area contributed by atoms with E-state index in [-0.39, 0.29) is 0 Å². The number of nitrogens with zero attached hydrogens (tertiary/aromatic N) is 1. The van der Waals surface area contributed by atoms with E-state index in [2.05, 4.69) is 70.2 Å². The van der Waals surface area contributed by atoms with Crippen molar-refractivity contribution in [1.29, 1.82) is 0 Å². The Morgan fingerprint density at radius 2 is 1.85 bits per heavy atom. The van der Waals surface area contributed by atoms with E-state index >= 15 is 0 Å². The van der Waals surface area contributed by atoms with Crippen molar-refractivity contribution in [2.75, 3.05) is 11.4 Å². The molecule has 0 aliphatic heterocycles. The summed E-state index contributed by atoms with van der Waals surface area (Å²) in [6.45, 7) is 3.22. The average Bonchev–Trinajstić information content (AvgIpc) is 2.49. The van der Waals surface area contributed by atoms with Gasteiger partial charge in [0, 0.05) is 28.3 Å². The van der Waals surface area contributed by atoms with Gasteiger partial charge in [0.2, 0.25) is 0 Å². The molecule has 0 aromatic heterocycles. The van der Waals surface area contributed by atoms with Gasteiger partial charge < -0.3 is 4.90 Å². The highest BCUT2D eigenvalue weighted by atomic mass is 79.9. The molecule has 0 spiro atoms. The van der Waals surface area contributed by atoms with Crippen LogP contribution in [0.4, 0.5) is 11.4 Å². The second-order valence-corrected chi connectivity index (χ2v) is 5.93. The standard InChI is InChI=1S/C17H19BrClN/c1-2-3-11-20(16-7-5-4-6-8-16)17-10-9-15(18)12-14(17)13-19/h4-10,12H,2-3,11,13H2,1H3. The summed E-state index contributed by atoms with van der Waals surface area (Å²) in [6, 6.07) is 16.8. The van der Waals surface area contributed by atoms with E-state index < -0.39 is 0 Å². The zero-order valence-electron chi connectivity index (χ0n) is 11.7. The van der Waals surface area contributed by atoms with Crippen molar-refractivity contribution < 1.29 is 0 Å². The van der Waals surface area contributed by atoms with Crippen molar-refractivity contribution in [2.24, 2.45) is 0 Å². The lowest BCUT2D eigenvalue weighted by molar-refractivity contribution is 0.784. The van der Waals surface area contributed by atoms with Crippen LogP contribution in [0.1, 0.15) is 25.3 Å². The normalized spacial score (nSPS) is 10.6. The van der Waals surface area contributed by atoms with E-state index in [4.69, 9.17) is 11.6 Å². The van der Waals surface area contributed by atoms with Gasteiger partial charge in [0.05, 0.1) is 0 Å². The van der Waals surface area contributed by atoms with Crippen LogP contribution in [0.2, 0.25) is 0 Å². The largest absolute Gasteiger partial charge is 0.341 e. The topological polar surface area (TPSA) is 3.24 Å². The van der Waals surface area contributed by atoms with Crippen LogP contribution < -0.4 is 4.90 Å². The summed E-state index contributed by atoms with van der Waals surface area (Å²) in [5, 5.41) is 0. The molecule has 20 heavy (non-hydrogen) atoms. The van der Waals surface area contributed by atoms with Crippen molar-refractivity contribution in [3.63, 3.8) is 0 Å². The van der Waals surface area contributed by atoms with Crippen LogP contribution in [-0.2, 0) is 5.88 Å². The van der Waals surface area contributed by atoms with Crippen LogP contribution in [0.5, 0.6) is 0 Å². The van der Waals surface area contributed by atoms with Crippen molar-refractivity contribution in [2.45, 2.75) is 25.6 Å². The molecule has 0 heterocycles. The number of anilines is 2. The maximum absolute atomic E-state index is 6.12. The molecule has 0 fully saturated rings. The molecule has 2 aromatic carbocycles. The summed E-state index contributed by atoms with van der Waals surface area (Å²) in [4.78, 5) is 2.35. The number of halogens is 2. The van der Waals surface area contributed by atoms with E-state index in [0.29, 0.717) is 5.88 Å². The fourth-order valence-electron chi connectivity index (χ4n) is 2.24. The third kappa shape index (κ3) is 3.77. The summed E-state index contributed by atoms with van der Waals surface area (Å²) in [5.74, 6) is 0.518. The van der Waals surface area contributed by atoms with Gasteiger partial charge in [0.15, 0.2) is 0 Å². The molecule has 0 unspecified atom stereocenters. The van der Waals surface area contributed by atoms with E-state index in [1.54, 1.807) is 0 Å². The van der Waals surface area contributed by atoms with Crippen molar-refractivity contribution >= 4 is 38.9 Å². The molecule has 3 heteroatoms. The van der Waals surface area contributed by atoms with Crippen molar-refractivity contribution in [3.8, 4) is 0 Å². The van der Waals surface area contributed by atoms with Gasteiger partial charge in [-0.3, -0.25) is 0 Å². The van der Waals surface area contributed by atoms with Gasteiger partial charge in [0.1, 0.15) is 0 Å². The molecule has 0 N–H and O–H groups in total. The summed E-state index contributed by atoms with van der Waals surface area (Å²) >= 11 is 9.64. The Bertz CT molecular complexity index is 542. The molecule has 2 aromatic rings. The van der Waals surface area contributed by atoms with Crippen LogP contribution in [0, 0.1) is 0 Å². The monoisotopic (exact) mass is 351 g/mol. The van der Waals surface area contributed by atoms with Crippen LogP contribution in [-0.4, -0.2) is 6.54 Å². The highest BCUT2D eigenvalue weighted by Crippen LogP contribution is 2.31. The van der Waals surface area contributed by atoms with Gasteiger partial charge in [-0.1, -0.05) is 47.5 Å². The van der Waals surface area contributed by atoms with Crippen molar-refractivity contribution in [3.05, 3.63) is 58.6 Å². The molecule has 0 bridgehead atoms. The first-order chi connectivity index (χ1) is 9.76. The minimum absolute atomic E-state index is 0.518. The van der Waals surface area contributed by atoms with E-state index in [1.165, 1.54) is 17.8 Å². The fraction of sp³-hybridized carbons (Fsp3) is 0.294. The molecule has 1 nitrogen and oxygen atoms in total. The fourth-order valence-corrected chi connectivity index (χ4v) is 2.86. The average molecular weight is 353 g/mol. The minimum Gasteiger partial charge on any atom is -0.341 e. The van der Waals surface area contributed by atoms with Crippen LogP contribution >= 0.6 is 27.5 Å². The number of alkyl halides is 1. The Kier molecular flexibility index (Phi) is 5.93. The molecular weight excluding hydrogens is 334 g/mol. The van der Waals surface area contributed by atoms with Crippen LogP contribution in [0.15, 0.2) is 53.0 Å². The first-order valence-electron chi connectivity index (χ1n) is 6.93. The predicted molar refractivity (Wildman–Crippen MR) is 92.1 cm³/mol. The maximum atomic E-state index is 6.12. The van der Waals surface area contributed by atoms with E-state index in [9.17, 15) is 0 Å². The lowest BCUT2D eigenvalue weighted by Gasteiger charge is -2.27. The van der Waals surface area contributed by atoms with Crippen molar-refractivity contribution in [1.82, 2.24) is 0 Å². The summed E-state index contributed by atoms with van der Waals surface area (Å²) in [5.41, 5.74) is 3.57. The van der Waals surface area contributed by atoms with Gasteiger partial charge in [-0.2, -0.15) is 0 Å². The van der Waals surface area contributed by atoms with E-state index in [1.807, 2.05) is 6.07 Å². The first-order valence-corrected chi connectivity index (χ1v) is 8.26. The number of para-hydroxylation sites is 1. The Morgan fingerprint density at radius 3 is 2.50 bits per heavy atom. The van der Waals surface area contributed by atoms with Crippen LogP contribution in [0.25, 0.3) is 0 Å². The third-order valence-corrected chi connectivity index (χ3v) is 4.06. The number of rotatable bonds is 6.